The quantitative estimate of drug-likeness (QED) is 0.586. The number of non-ortho nitro benzene ring substituents is 1. The highest BCUT2D eigenvalue weighted by Crippen LogP contribution is 2.27. The lowest BCUT2D eigenvalue weighted by molar-refractivity contribution is -0.384. The van der Waals surface area contributed by atoms with Crippen molar-refractivity contribution in [3.05, 3.63) is 33.9 Å². The summed E-state index contributed by atoms with van der Waals surface area (Å²) in [7, 11) is 0. The molecule has 0 bridgehead atoms. The molecule has 24 heavy (non-hydrogen) atoms. The van der Waals surface area contributed by atoms with E-state index in [0.29, 0.717) is 25.2 Å². The zero-order chi connectivity index (χ0) is 17.7. The summed E-state index contributed by atoms with van der Waals surface area (Å²) in [6.07, 6.45) is 0.607. The lowest BCUT2D eigenvalue weighted by atomic mass is 10.1. The van der Waals surface area contributed by atoms with Gasteiger partial charge in [-0.3, -0.25) is 14.9 Å². The van der Waals surface area contributed by atoms with Gasteiger partial charge >= 0.3 is 0 Å². The monoisotopic (exact) mass is 328 g/mol. The zero-order valence-electron chi connectivity index (χ0n) is 12.8. The minimum atomic E-state index is -0.863. The molecule has 0 radical (unpaired) electrons. The first-order chi connectivity index (χ1) is 11.5. The molecule has 1 aromatic rings. The highest BCUT2D eigenvalue weighted by Gasteiger charge is 2.27. The van der Waals surface area contributed by atoms with Crippen LogP contribution in [0.5, 0.6) is 0 Å². The molecule has 124 valence electrons. The Morgan fingerprint density at radius 3 is 2.92 bits per heavy atom. The minimum absolute atomic E-state index is 0.0524. The number of carbonyl (C=O) groups excluding carboxylic acids is 1. The van der Waals surface area contributed by atoms with E-state index in [1.54, 1.807) is 6.07 Å². The van der Waals surface area contributed by atoms with E-state index in [9.17, 15) is 20.2 Å². The summed E-state index contributed by atoms with van der Waals surface area (Å²) >= 11 is 0. The maximum absolute atomic E-state index is 11.8. The molecule has 0 saturated carbocycles. The third-order valence-electron chi connectivity index (χ3n) is 3.83. The van der Waals surface area contributed by atoms with E-state index in [1.165, 1.54) is 12.1 Å². The predicted octanol–water partition coefficient (Wildman–Crippen LogP) is 0.402. The number of nitriles is 2. The summed E-state index contributed by atoms with van der Waals surface area (Å²) in [6.45, 7) is 1.07. The number of rotatable bonds is 5. The van der Waals surface area contributed by atoms with Gasteiger partial charge in [0, 0.05) is 31.3 Å². The van der Waals surface area contributed by atoms with Crippen LogP contribution in [0.3, 0.4) is 0 Å². The van der Waals surface area contributed by atoms with Crippen molar-refractivity contribution in [3.8, 4) is 12.1 Å². The van der Waals surface area contributed by atoms with Gasteiger partial charge in [-0.05, 0) is 12.5 Å². The van der Waals surface area contributed by atoms with Crippen molar-refractivity contribution in [2.45, 2.75) is 24.9 Å². The Hall–Kier alpha value is -3.17. The van der Waals surface area contributed by atoms with Crippen LogP contribution >= 0.6 is 0 Å². The van der Waals surface area contributed by atoms with Crippen LogP contribution in [0.1, 0.15) is 18.4 Å². The van der Waals surface area contributed by atoms with Gasteiger partial charge in [-0.25, -0.2) is 0 Å². The third kappa shape index (κ3) is 3.77. The molecule has 1 amide bonds. The SMILES string of the molecule is N#CC[C@H](N)C(=O)N[C@H]1CCN(c2ccc([N+](=O)[O-])cc2C#N)C1. The van der Waals surface area contributed by atoms with Crippen molar-refractivity contribution in [1.82, 2.24) is 5.32 Å². The van der Waals surface area contributed by atoms with Crippen molar-refractivity contribution in [3.63, 3.8) is 0 Å². The molecule has 0 unspecified atom stereocenters. The third-order valence-corrected chi connectivity index (χ3v) is 3.83. The second-order valence-corrected chi connectivity index (χ2v) is 5.48. The summed E-state index contributed by atoms with van der Waals surface area (Å²) in [5.74, 6) is -0.382. The number of nitrogens with zero attached hydrogens (tertiary/aromatic N) is 4. The number of amides is 1. The van der Waals surface area contributed by atoms with Gasteiger partial charge in [-0.15, -0.1) is 0 Å². The average Bonchev–Trinajstić information content (AvgIpc) is 3.02. The van der Waals surface area contributed by atoms with Gasteiger partial charge in [0.2, 0.25) is 5.91 Å². The largest absolute Gasteiger partial charge is 0.368 e. The summed E-state index contributed by atoms with van der Waals surface area (Å²) in [6, 6.07) is 6.94. The van der Waals surface area contributed by atoms with E-state index in [-0.39, 0.29) is 29.6 Å². The number of benzene rings is 1. The molecule has 1 heterocycles. The first-order valence-electron chi connectivity index (χ1n) is 7.32. The Morgan fingerprint density at radius 1 is 1.54 bits per heavy atom. The average molecular weight is 328 g/mol. The molecule has 1 saturated heterocycles. The topological polar surface area (TPSA) is 149 Å². The lowest BCUT2D eigenvalue weighted by Crippen LogP contribution is -2.46. The van der Waals surface area contributed by atoms with Crippen LogP contribution in [-0.2, 0) is 4.79 Å². The molecule has 1 aromatic carbocycles. The van der Waals surface area contributed by atoms with Gasteiger partial charge in [-0.2, -0.15) is 10.5 Å². The normalized spacial score (nSPS) is 17.6. The highest BCUT2D eigenvalue weighted by atomic mass is 16.6. The number of nitrogens with one attached hydrogen (secondary N) is 1. The van der Waals surface area contributed by atoms with Crippen LogP contribution in [0.25, 0.3) is 0 Å². The smallest absolute Gasteiger partial charge is 0.270 e. The highest BCUT2D eigenvalue weighted by molar-refractivity contribution is 5.82. The summed E-state index contributed by atoms with van der Waals surface area (Å²) < 4.78 is 0. The standard InChI is InChI=1S/C15H16N6O3/c16-5-3-13(18)15(22)19-11-4-6-20(9-11)14-2-1-12(21(23)24)7-10(14)8-17/h1-2,7,11,13H,3-4,6,9,18H2,(H,19,22)/t11-,13-/m0/s1. The molecular weight excluding hydrogens is 312 g/mol. The number of hydrogen-bond donors (Lipinski definition) is 2. The number of nitro benzene ring substituents is 1. The van der Waals surface area contributed by atoms with Gasteiger partial charge in [0.1, 0.15) is 6.07 Å². The summed E-state index contributed by atoms with van der Waals surface area (Å²) in [5.41, 5.74) is 6.27. The molecule has 1 fully saturated rings. The van der Waals surface area contributed by atoms with Crippen molar-refractivity contribution >= 4 is 17.3 Å². The molecule has 9 nitrogen and oxygen atoms in total. The van der Waals surface area contributed by atoms with E-state index >= 15 is 0 Å². The van der Waals surface area contributed by atoms with Gasteiger partial charge < -0.3 is 16.0 Å². The molecule has 1 aliphatic rings. The Kier molecular flexibility index (Phi) is 5.30. The molecule has 1 aliphatic heterocycles. The van der Waals surface area contributed by atoms with E-state index in [1.807, 2.05) is 17.0 Å². The number of nitrogens with two attached hydrogens (primary N) is 1. The molecule has 9 heteroatoms. The van der Waals surface area contributed by atoms with E-state index in [2.05, 4.69) is 5.32 Å². The van der Waals surface area contributed by atoms with E-state index < -0.39 is 11.0 Å². The Labute approximate surface area is 138 Å². The van der Waals surface area contributed by atoms with E-state index in [0.717, 1.165) is 0 Å². The van der Waals surface area contributed by atoms with Gasteiger partial charge in [0.25, 0.3) is 5.69 Å². The number of anilines is 1. The van der Waals surface area contributed by atoms with Crippen LogP contribution in [-0.4, -0.2) is 36.0 Å². The molecular formula is C15H16N6O3. The molecule has 3 N–H and O–H groups in total. The Bertz CT molecular complexity index is 736. The van der Waals surface area contributed by atoms with Crippen LogP contribution in [0, 0.1) is 32.8 Å². The zero-order valence-corrected chi connectivity index (χ0v) is 12.8. The predicted molar refractivity (Wildman–Crippen MR) is 84.8 cm³/mol. The first kappa shape index (κ1) is 17.2. The molecule has 0 aliphatic carbocycles. The fourth-order valence-electron chi connectivity index (χ4n) is 2.60. The molecule has 0 spiro atoms. The number of carbonyl (C=O) groups is 1. The Balaban J connectivity index is 2.06. The fraction of sp³-hybridized carbons (Fsp3) is 0.400. The summed E-state index contributed by atoms with van der Waals surface area (Å²) in [5, 5.41) is 31.3. The Morgan fingerprint density at radius 2 is 2.29 bits per heavy atom. The maximum atomic E-state index is 11.8. The first-order valence-corrected chi connectivity index (χ1v) is 7.32. The van der Waals surface area contributed by atoms with Crippen LogP contribution in [0.15, 0.2) is 18.2 Å². The van der Waals surface area contributed by atoms with Gasteiger partial charge in [0.05, 0.1) is 34.7 Å². The number of hydrogen-bond acceptors (Lipinski definition) is 7. The van der Waals surface area contributed by atoms with Crippen molar-refractivity contribution in [2.24, 2.45) is 5.73 Å². The van der Waals surface area contributed by atoms with Crippen LogP contribution in [0.2, 0.25) is 0 Å². The fourth-order valence-corrected chi connectivity index (χ4v) is 2.60. The second-order valence-electron chi connectivity index (χ2n) is 5.48. The lowest BCUT2D eigenvalue weighted by Gasteiger charge is -2.20. The summed E-state index contributed by atoms with van der Waals surface area (Å²) in [4.78, 5) is 24.0. The molecule has 0 aromatic heterocycles. The maximum Gasteiger partial charge on any atom is 0.270 e. The molecule has 2 rings (SSSR count). The van der Waals surface area contributed by atoms with E-state index in [4.69, 9.17) is 11.0 Å². The number of nitro groups is 1. The molecule has 2 atom stereocenters. The van der Waals surface area contributed by atoms with Crippen molar-refractivity contribution < 1.29 is 9.72 Å². The van der Waals surface area contributed by atoms with Gasteiger partial charge in [-0.1, -0.05) is 0 Å². The minimum Gasteiger partial charge on any atom is -0.368 e. The van der Waals surface area contributed by atoms with Crippen LogP contribution < -0.4 is 16.0 Å². The van der Waals surface area contributed by atoms with Crippen molar-refractivity contribution in [1.29, 1.82) is 10.5 Å². The van der Waals surface area contributed by atoms with Crippen LogP contribution in [0.4, 0.5) is 11.4 Å². The van der Waals surface area contributed by atoms with Crippen molar-refractivity contribution in [2.75, 3.05) is 18.0 Å². The second kappa shape index (κ2) is 7.40. The van der Waals surface area contributed by atoms with Gasteiger partial charge in [0.15, 0.2) is 0 Å².